The van der Waals surface area contributed by atoms with Gasteiger partial charge in [0.1, 0.15) is 0 Å². The summed E-state index contributed by atoms with van der Waals surface area (Å²) in [6.07, 6.45) is 5.30. The van der Waals surface area contributed by atoms with Crippen LogP contribution >= 0.6 is 0 Å². The molecule has 1 amide bonds. The zero-order valence-corrected chi connectivity index (χ0v) is 15.0. The van der Waals surface area contributed by atoms with Gasteiger partial charge in [-0.15, -0.1) is 6.42 Å². The summed E-state index contributed by atoms with van der Waals surface area (Å²) >= 11 is 0. The molecule has 0 radical (unpaired) electrons. The van der Waals surface area contributed by atoms with Crippen LogP contribution in [0.4, 0.5) is 11.4 Å². The summed E-state index contributed by atoms with van der Waals surface area (Å²) in [7, 11) is -3.67. The number of carbonyl (C=O) groups is 1. The summed E-state index contributed by atoms with van der Waals surface area (Å²) in [4.78, 5) is 12.5. The van der Waals surface area contributed by atoms with Gasteiger partial charge in [0.2, 0.25) is 0 Å². The zero-order chi connectivity index (χ0) is 19.3. The molecule has 3 aromatic rings. The summed E-state index contributed by atoms with van der Waals surface area (Å²) in [5, 5.41) is 2.76. The van der Waals surface area contributed by atoms with Gasteiger partial charge in [0.05, 0.1) is 4.90 Å². The van der Waals surface area contributed by atoms with E-state index in [0.717, 1.165) is 5.56 Å². The molecule has 0 aromatic heterocycles. The monoisotopic (exact) mass is 376 g/mol. The van der Waals surface area contributed by atoms with Gasteiger partial charge < -0.3 is 5.32 Å². The van der Waals surface area contributed by atoms with Crippen molar-refractivity contribution in [2.45, 2.75) is 4.90 Å². The number of rotatable bonds is 5. The second-order valence-electron chi connectivity index (χ2n) is 5.67. The van der Waals surface area contributed by atoms with E-state index in [1.807, 2.05) is 0 Å². The molecule has 6 heteroatoms. The van der Waals surface area contributed by atoms with Gasteiger partial charge in [0.15, 0.2) is 0 Å². The Hall–Kier alpha value is -3.56. The van der Waals surface area contributed by atoms with E-state index in [0.29, 0.717) is 16.9 Å². The number of anilines is 2. The Morgan fingerprint density at radius 1 is 0.815 bits per heavy atom. The third-order valence-electron chi connectivity index (χ3n) is 3.76. The van der Waals surface area contributed by atoms with Crippen molar-refractivity contribution in [3.63, 3.8) is 0 Å². The van der Waals surface area contributed by atoms with Crippen LogP contribution in [0.1, 0.15) is 15.9 Å². The Bertz CT molecular complexity index is 1080. The highest BCUT2D eigenvalue weighted by Gasteiger charge is 2.14. The second-order valence-corrected chi connectivity index (χ2v) is 7.35. The lowest BCUT2D eigenvalue weighted by Gasteiger charge is -2.09. The van der Waals surface area contributed by atoms with Crippen molar-refractivity contribution in [3.8, 4) is 12.3 Å². The molecular formula is C21H16N2O3S. The predicted octanol–water partition coefficient (Wildman–Crippen LogP) is 3.72. The van der Waals surface area contributed by atoms with Crippen LogP contribution < -0.4 is 10.0 Å². The summed E-state index contributed by atoms with van der Waals surface area (Å²) in [5.74, 6) is 2.20. The van der Waals surface area contributed by atoms with Gasteiger partial charge in [0, 0.05) is 22.5 Å². The summed E-state index contributed by atoms with van der Waals surface area (Å²) in [6.45, 7) is 0. The molecule has 0 bridgehead atoms. The first kappa shape index (κ1) is 18.2. The van der Waals surface area contributed by atoms with E-state index in [4.69, 9.17) is 6.42 Å². The van der Waals surface area contributed by atoms with E-state index in [2.05, 4.69) is 16.0 Å². The van der Waals surface area contributed by atoms with E-state index in [1.54, 1.807) is 54.6 Å². The molecule has 0 heterocycles. The average Bonchev–Trinajstić information content (AvgIpc) is 2.69. The summed E-state index contributed by atoms with van der Waals surface area (Å²) < 4.78 is 27.1. The molecule has 0 aliphatic carbocycles. The van der Waals surface area contributed by atoms with Crippen molar-refractivity contribution in [2.75, 3.05) is 10.0 Å². The number of terminal acetylenes is 1. The third-order valence-corrected chi connectivity index (χ3v) is 5.16. The molecule has 3 rings (SSSR count). The van der Waals surface area contributed by atoms with Crippen molar-refractivity contribution >= 4 is 27.3 Å². The number of hydrogen-bond donors (Lipinski definition) is 2. The average molecular weight is 376 g/mol. The SMILES string of the molecule is C#Cc1ccc(NC(=O)c2ccc(NS(=O)(=O)c3ccccc3)cc2)cc1. The molecule has 134 valence electrons. The Morgan fingerprint density at radius 2 is 1.41 bits per heavy atom. The molecule has 0 unspecified atom stereocenters. The van der Waals surface area contributed by atoms with Crippen LogP contribution in [0.15, 0.2) is 83.8 Å². The minimum Gasteiger partial charge on any atom is -0.322 e. The van der Waals surface area contributed by atoms with Crippen LogP contribution in [-0.4, -0.2) is 14.3 Å². The maximum Gasteiger partial charge on any atom is 0.261 e. The molecule has 0 saturated carbocycles. The molecule has 0 spiro atoms. The van der Waals surface area contributed by atoms with Crippen molar-refractivity contribution in [2.24, 2.45) is 0 Å². The first-order valence-corrected chi connectivity index (χ1v) is 9.52. The van der Waals surface area contributed by atoms with E-state index >= 15 is 0 Å². The molecule has 27 heavy (non-hydrogen) atoms. The van der Waals surface area contributed by atoms with Crippen molar-refractivity contribution in [1.29, 1.82) is 0 Å². The molecule has 0 aliphatic rings. The van der Waals surface area contributed by atoms with Crippen molar-refractivity contribution < 1.29 is 13.2 Å². The maximum atomic E-state index is 12.3. The molecule has 5 nitrogen and oxygen atoms in total. The minimum absolute atomic E-state index is 0.169. The van der Waals surface area contributed by atoms with Gasteiger partial charge >= 0.3 is 0 Å². The number of sulfonamides is 1. The van der Waals surface area contributed by atoms with Gasteiger partial charge in [-0.3, -0.25) is 9.52 Å². The molecule has 0 aliphatic heterocycles. The Labute approximate surface area is 158 Å². The van der Waals surface area contributed by atoms with Crippen LogP contribution in [0.2, 0.25) is 0 Å². The lowest BCUT2D eigenvalue weighted by Crippen LogP contribution is -2.14. The van der Waals surface area contributed by atoms with Gasteiger partial charge in [-0.1, -0.05) is 24.1 Å². The number of hydrogen-bond acceptors (Lipinski definition) is 3. The Kier molecular flexibility index (Phi) is 5.25. The lowest BCUT2D eigenvalue weighted by atomic mass is 10.1. The Balaban J connectivity index is 1.69. The van der Waals surface area contributed by atoms with E-state index < -0.39 is 10.0 Å². The highest BCUT2D eigenvalue weighted by Crippen LogP contribution is 2.17. The second kappa shape index (κ2) is 7.77. The van der Waals surface area contributed by atoms with Crippen LogP contribution in [0.25, 0.3) is 0 Å². The fourth-order valence-electron chi connectivity index (χ4n) is 2.36. The minimum atomic E-state index is -3.67. The number of amides is 1. The van der Waals surface area contributed by atoms with Crippen LogP contribution in [0, 0.1) is 12.3 Å². The molecule has 0 fully saturated rings. The summed E-state index contributed by atoms with van der Waals surface area (Å²) in [5.41, 5.74) is 2.11. The Morgan fingerprint density at radius 3 is 2.00 bits per heavy atom. The number of nitrogens with one attached hydrogen (secondary N) is 2. The number of benzene rings is 3. The highest BCUT2D eigenvalue weighted by atomic mass is 32.2. The lowest BCUT2D eigenvalue weighted by molar-refractivity contribution is 0.102. The largest absolute Gasteiger partial charge is 0.322 e. The van der Waals surface area contributed by atoms with Gasteiger partial charge in [-0.25, -0.2) is 8.42 Å². The maximum absolute atomic E-state index is 12.3. The first-order chi connectivity index (χ1) is 13.0. The predicted molar refractivity (Wildman–Crippen MR) is 106 cm³/mol. The topological polar surface area (TPSA) is 75.3 Å². The van der Waals surface area contributed by atoms with E-state index in [9.17, 15) is 13.2 Å². The molecule has 3 aromatic carbocycles. The van der Waals surface area contributed by atoms with E-state index in [1.165, 1.54) is 24.3 Å². The zero-order valence-electron chi connectivity index (χ0n) is 14.2. The molecular weight excluding hydrogens is 360 g/mol. The molecule has 0 saturated heterocycles. The van der Waals surface area contributed by atoms with Crippen LogP contribution in [0.3, 0.4) is 0 Å². The quantitative estimate of drug-likeness (QED) is 0.667. The van der Waals surface area contributed by atoms with Crippen molar-refractivity contribution in [3.05, 3.63) is 90.0 Å². The fourth-order valence-corrected chi connectivity index (χ4v) is 3.44. The first-order valence-electron chi connectivity index (χ1n) is 8.04. The number of carbonyl (C=O) groups excluding carboxylic acids is 1. The van der Waals surface area contributed by atoms with Gasteiger partial charge in [-0.05, 0) is 60.7 Å². The van der Waals surface area contributed by atoms with Crippen LogP contribution in [0.5, 0.6) is 0 Å². The summed E-state index contributed by atoms with van der Waals surface area (Å²) in [6, 6.07) is 21.1. The van der Waals surface area contributed by atoms with Crippen molar-refractivity contribution in [1.82, 2.24) is 0 Å². The van der Waals surface area contributed by atoms with Gasteiger partial charge in [0.25, 0.3) is 15.9 Å². The molecule has 2 N–H and O–H groups in total. The normalized spacial score (nSPS) is 10.6. The van der Waals surface area contributed by atoms with Crippen LogP contribution in [-0.2, 0) is 10.0 Å². The van der Waals surface area contributed by atoms with E-state index in [-0.39, 0.29) is 10.8 Å². The molecule has 0 atom stereocenters. The fraction of sp³-hybridized carbons (Fsp3) is 0. The third kappa shape index (κ3) is 4.54. The standard InChI is InChI=1S/C21H16N2O3S/c1-2-16-8-12-18(13-9-16)22-21(24)17-10-14-19(15-11-17)23-27(25,26)20-6-4-3-5-7-20/h1,3-15,23H,(H,22,24). The smallest absolute Gasteiger partial charge is 0.261 e. The highest BCUT2D eigenvalue weighted by molar-refractivity contribution is 7.92. The van der Waals surface area contributed by atoms with Gasteiger partial charge in [-0.2, -0.15) is 0 Å².